The second-order valence-corrected chi connectivity index (χ2v) is 4.46. The fraction of sp³-hybridized carbons (Fsp3) is 0.462. The summed E-state index contributed by atoms with van der Waals surface area (Å²) >= 11 is 5.66. The van der Waals surface area contributed by atoms with Crippen molar-refractivity contribution in [2.45, 2.75) is 19.8 Å². The molecule has 0 aliphatic carbocycles. The van der Waals surface area contributed by atoms with E-state index in [1.54, 1.807) is 18.2 Å². The SMILES string of the molecule is CC(CCCl)CCOc1ccccc1C(N)=O. The van der Waals surface area contributed by atoms with E-state index in [-0.39, 0.29) is 0 Å². The van der Waals surface area contributed by atoms with Gasteiger partial charge in [-0.1, -0.05) is 19.1 Å². The van der Waals surface area contributed by atoms with E-state index >= 15 is 0 Å². The average Bonchev–Trinajstić information content (AvgIpc) is 2.30. The van der Waals surface area contributed by atoms with E-state index in [1.165, 1.54) is 0 Å². The van der Waals surface area contributed by atoms with Crippen molar-refractivity contribution in [3.05, 3.63) is 29.8 Å². The highest BCUT2D eigenvalue weighted by Gasteiger charge is 2.08. The maximum absolute atomic E-state index is 11.1. The molecule has 0 saturated heterocycles. The predicted octanol–water partition coefficient (Wildman–Crippen LogP) is 2.82. The quantitative estimate of drug-likeness (QED) is 0.762. The van der Waals surface area contributed by atoms with Crippen molar-refractivity contribution in [3.63, 3.8) is 0 Å². The van der Waals surface area contributed by atoms with Crippen LogP contribution in [0.15, 0.2) is 24.3 Å². The smallest absolute Gasteiger partial charge is 0.252 e. The molecule has 1 unspecified atom stereocenters. The number of amides is 1. The van der Waals surface area contributed by atoms with Crippen molar-refractivity contribution in [1.82, 2.24) is 0 Å². The number of alkyl halides is 1. The van der Waals surface area contributed by atoms with Gasteiger partial charge >= 0.3 is 0 Å². The summed E-state index contributed by atoms with van der Waals surface area (Å²) in [6.07, 6.45) is 1.89. The van der Waals surface area contributed by atoms with Crippen LogP contribution in [0.4, 0.5) is 0 Å². The maximum atomic E-state index is 11.1. The molecule has 4 heteroatoms. The summed E-state index contributed by atoms with van der Waals surface area (Å²) in [6, 6.07) is 7.01. The summed E-state index contributed by atoms with van der Waals surface area (Å²) in [4.78, 5) is 11.1. The number of nitrogens with two attached hydrogens (primary N) is 1. The Labute approximate surface area is 107 Å². The molecule has 3 nitrogen and oxygen atoms in total. The summed E-state index contributed by atoms with van der Waals surface area (Å²) in [5, 5.41) is 0. The molecule has 1 amide bonds. The van der Waals surface area contributed by atoms with Crippen LogP contribution in [0.25, 0.3) is 0 Å². The molecule has 0 spiro atoms. The van der Waals surface area contributed by atoms with Crippen molar-refractivity contribution in [3.8, 4) is 5.75 Å². The zero-order chi connectivity index (χ0) is 12.7. The molecule has 1 atom stereocenters. The number of carbonyl (C=O) groups excluding carboxylic acids is 1. The molecule has 0 bridgehead atoms. The molecule has 0 saturated carbocycles. The third-order valence-electron chi connectivity index (χ3n) is 2.62. The molecule has 0 radical (unpaired) electrons. The Balaban J connectivity index is 2.49. The molecule has 2 N–H and O–H groups in total. The summed E-state index contributed by atoms with van der Waals surface area (Å²) in [6.45, 7) is 2.70. The average molecular weight is 256 g/mol. The van der Waals surface area contributed by atoms with Crippen molar-refractivity contribution >= 4 is 17.5 Å². The Kier molecular flexibility index (Phi) is 5.84. The van der Waals surface area contributed by atoms with E-state index in [0.29, 0.717) is 29.7 Å². The van der Waals surface area contributed by atoms with Gasteiger partial charge in [0.2, 0.25) is 0 Å². The van der Waals surface area contributed by atoms with Crippen LogP contribution in [0, 0.1) is 5.92 Å². The number of halogens is 1. The van der Waals surface area contributed by atoms with E-state index in [1.807, 2.05) is 6.07 Å². The normalized spacial score (nSPS) is 12.1. The summed E-state index contributed by atoms with van der Waals surface area (Å²) < 4.78 is 5.57. The number of para-hydroxylation sites is 1. The number of primary amides is 1. The Morgan fingerprint density at radius 1 is 1.41 bits per heavy atom. The molecule has 17 heavy (non-hydrogen) atoms. The fourth-order valence-corrected chi connectivity index (χ4v) is 1.87. The summed E-state index contributed by atoms with van der Waals surface area (Å²) in [5.74, 6) is 1.28. The van der Waals surface area contributed by atoms with Crippen LogP contribution in [0.3, 0.4) is 0 Å². The first-order valence-electron chi connectivity index (χ1n) is 5.72. The number of ether oxygens (including phenoxy) is 1. The molecule has 0 aliphatic heterocycles. The minimum atomic E-state index is -0.464. The Morgan fingerprint density at radius 3 is 2.76 bits per heavy atom. The van der Waals surface area contributed by atoms with Gasteiger partial charge in [0, 0.05) is 5.88 Å². The third kappa shape index (κ3) is 4.65. The van der Waals surface area contributed by atoms with Gasteiger partial charge < -0.3 is 10.5 Å². The highest BCUT2D eigenvalue weighted by atomic mass is 35.5. The number of rotatable bonds is 7. The maximum Gasteiger partial charge on any atom is 0.252 e. The second-order valence-electron chi connectivity index (χ2n) is 4.08. The van der Waals surface area contributed by atoms with Crippen LogP contribution in [0.2, 0.25) is 0 Å². The van der Waals surface area contributed by atoms with E-state index in [9.17, 15) is 4.79 Å². The van der Waals surface area contributed by atoms with E-state index in [0.717, 1.165) is 12.8 Å². The first-order chi connectivity index (χ1) is 8.15. The largest absolute Gasteiger partial charge is 0.493 e. The van der Waals surface area contributed by atoms with Gasteiger partial charge in [-0.3, -0.25) is 4.79 Å². The molecular weight excluding hydrogens is 238 g/mol. The second kappa shape index (κ2) is 7.17. The zero-order valence-corrected chi connectivity index (χ0v) is 10.7. The molecule has 0 aromatic heterocycles. The van der Waals surface area contributed by atoms with Crippen LogP contribution in [0.5, 0.6) is 5.75 Å². The fourth-order valence-electron chi connectivity index (χ4n) is 1.50. The highest BCUT2D eigenvalue weighted by molar-refractivity contribution is 6.17. The lowest BCUT2D eigenvalue weighted by molar-refractivity contribution is 0.0996. The van der Waals surface area contributed by atoms with Crippen molar-refractivity contribution in [2.75, 3.05) is 12.5 Å². The van der Waals surface area contributed by atoms with Crippen LogP contribution >= 0.6 is 11.6 Å². The van der Waals surface area contributed by atoms with Gasteiger partial charge in [-0.05, 0) is 30.9 Å². The van der Waals surface area contributed by atoms with Crippen molar-refractivity contribution in [1.29, 1.82) is 0 Å². The molecular formula is C13H18ClNO2. The highest BCUT2D eigenvalue weighted by Crippen LogP contribution is 2.18. The summed E-state index contributed by atoms with van der Waals surface area (Å²) in [5.41, 5.74) is 5.69. The Bertz CT molecular complexity index is 368. The van der Waals surface area contributed by atoms with E-state index < -0.39 is 5.91 Å². The molecule has 0 fully saturated rings. The van der Waals surface area contributed by atoms with Crippen LogP contribution < -0.4 is 10.5 Å². The van der Waals surface area contributed by atoms with Crippen molar-refractivity contribution < 1.29 is 9.53 Å². The van der Waals surface area contributed by atoms with Gasteiger partial charge in [-0.2, -0.15) is 0 Å². The monoisotopic (exact) mass is 255 g/mol. The van der Waals surface area contributed by atoms with Crippen molar-refractivity contribution in [2.24, 2.45) is 11.7 Å². The molecule has 1 aromatic carbocycles. The minimum absolute atomic E-state index is 0.428. The lowest BCUT2D eigenvalue weighted by Crippen LogP contribution is -2.14. The topological polar surface area (TPSA) is 52.3 Å². The van der Waals surface area contributed by atoms with Gasteiger partial charge in [-0.25, -0.2) is 0 Å². The summed E-state index contributed by atoms with van der Waals surface area (Å²) in [7, 11) is 0. The Hall–Kier alpha value is -1.22. The van der Waals surface area contributed by atoms with E-state index in [2.05, 4.69) is 6.92 Å². The predicted molar refractivity (Wildman–Crippen MR) is 69.6 cm³/mol. The van der Waals surface area contributed by atoms with Crippen LogP contribution in [-0.2, 0) is 0 Å². The Morgan fingerprint density at radius 2 is 2.12 bits per heavy atom. The molecule has 1 aromatic rings. The van der Waals surface area contributed by atoms with E-state index in [4.69, 9.17) is 22.1 Å². The number of benzene rings is 1. The molecule has 94 valence electrons. The minimum Gasteiger partial charge on any atom is -0.493 e. The lowest BCUT2D eigenvalue weighted by Gasteiger charge is -2.12. The molecule has 0 aliphatic rings. The van der Waals surface area contributed by atoms with Gasteiger partial charge in [0.1, 0.15) is 5.75 Å². The number of hydrogen-bond donors (Lipinski definition) is 1. The van der Waals surface area contributed by atoms with Gasteiger partial charge in [-0.15, -0.1) is 11.6 Å². The zero-order valence-electron chi connectivity index (χ0n) is 9.99. The van der Waals surface area contributed by atoms with Gasteiger partial charge in [0.15, 0.2) is 0 Å². The third-order valence-corrected chi connectivity index (χ3v) is 2.84. The molecule has 1 rings (SSSR count). The molecule has 0 heterocycles. The first-order valence-corrected chi connectivity index (χ1v) is 6.26. The van der Waals surface area contributed by atoms with Gasteiger partial charge in [0.05, 0.1) is 12.2 Å². The number of hydrogen-bond acceptors (Lipinski definition) is 2. The van der Waals surface area contributed by atoms with Gasteiger partial charge in [0.25, 0.3) is 5.91 Å². The van der Waals surface area contributed by atoms with Crippen LogP contribution in [0.1, 0.15) is 30.1 Å². The standard InChI is InChI=1S/C13H18ClNO2/c1-10(6-8-14)7-9-17-12-5-3-2-4-11(12)13(15)16/h2-5,10H,6-9H2,1H3,(H2,15,16). The first kappa shape index (κ1) is 13.8. The number of carbonyl (C=O) groups is 1. The lowest BCUT2D eigenvalue weighted by atomic mass is 10.1. The van der Waals surface area contributed by atoms with Crippen LogP contribution in [-0.4, -0.2) is 18.4 Å².